The minimum atomic E-state index is -0.614. The Hall–Kier alpha value is -2.70. The van der Waals surface area contributed by atoms with E-state index in [2.05, 4.69) is 20.5 Å². The number of aryl methyl sites for hydroxylation is 1. The number of carbonyl (C=O) groups excluding carboxylic acids is 2. The van der Waals surface area contributed by atoms with Gasteiger partial charge in [0, 0.05) is 7.11 Å². The van der Waals surface area contributed by atoms with Crippen molar-refractivity contribution in [2.45, 2.75) is 20.1 Å². The van der Waals surface area contributed by atoms with E-state index in [0.717, 1.165) is 11.3 Å². The molecule has 0 saturated carbocycles. The van der Waals surface area contributed by atoms with E-state index in [4.69, 9.17) is 10.5 Å². The summed E-state index contributed by atoms with van der Waals surface area (Å²) in [5, 5.41) is 11.5. The number of nitrogens with two attached hydrogens (primary N) is 1. The molecule has 136 valence electrons. The van der Waals surface area contributed by atoms with Crippen LogP contribution in [-0.2, 0) is 22.7 Å². The third-order valence-electron chi connectivity index (χ3n) is 3.44. The Morgan fingerprint density at radius 2 is 2.12 bits per heavy atom. The normalized spacial score (nSPS) is 11.0. The number of nitrogens with one attached hydrogen (secondary N) is 1. The quantitative estimate of drug-likeness (QED) is 0.620. The number of anilines is 1. The van der Waals surface area contributed by atoms with Gasteiger partial charge in [0.25, 0.3) is 11.5 Å². The van der Waals surface area contributed by atoms with E-state index in [1.165, 1.54) is 29.3 Å². The minimum absolute atomic E-state index is 0.248. The highest BCUT2D eigenvalue weighted by Crippen LogP contribution is 2.26. The monoisotopic (exact) mass is 394 g/mol. The Labute approximate surface area is 154 Å². The number of ether oxygens (including phenoxy) is 1. The summed E-state index contributed by atoms with van der Waals surface area (Å²) in [5.41, 5.74) is 5.36. The van der Waals surface area contributed by atoms with Crippen molar-refractivity contribution >= 4 is 49.8 Å². The topological polar surface area (TPSA) is 142 Å². The first kappa shape index (κ1) is 18.1. The minimum Gasteiger partial charge on any atom is -0.377 e. The molecule has 3 heterocycles. The van der Waals surface area contributed by atoms with E-state index in [-0.39, 0.29) is 16.8 Å². The van der Waals surface area contributed by atoms with E-state index in [9.17, 15) is 14.4 Å². The van der Waals surface area contributed by atoms with Gasteiger partial charge in [-0.3, -0.25) is 24.3 Å². The molecule has 3 aromatic rings. The second-order valence-corrected chi connectivity index (χ2v) is 7.32. The van der Waals surface area contributed by atoms with Crippen LogP contribution in [0.25, 0.3) is 10.2 Å². The summed E-state index contributed by atoms with van der Waals surface area (Å²) in [7, 11) is 1.53. The highest BCUT2D eigenvalue weighted by atomic mass is 32.1. The summed E-state index contributed by atoms with van der Waals surface area (Å²) in [6.45, 7) is 1.68. The average Bonchev–Trinajstić information content (AvgIpc) is 3.15. The van der Waals surface area contributed by atoms with E-state index in [1.807, 2.05) is 0 Å². The number of fused-ring (bicyclic) bond motifs is 1. The molecule has 0 aliphatic carbocycles. The maximum Gasteiger partial charge on any atom is 0.262 e. The lowest BCUT2D eigenvalue weighted by Gasteiger charge is -2.05. The van der Waals surface area contributed by atoms with Crippen molar-refractivity contribution in [3.8, 4) is 0 Å². The van der Waals surface area contributed by atoms with Crippen LogP contribution in [0.4, 0.5) is 5.13 Å². The van der Waals surface area contributed by atoms with Crippen LogP contribution in [0.3, 0.4) is 0 Å². The van der Waals surface area contributed by atoms with Gasteiger partial charge in [0.2, 0.25) is 11.0 Å². The number of hydrogen-bond acceptors (Lipinski definition) is 9. The van der Waals surface area contributed by atoms with Crippen LogP contribution in [-0.4, -0.2) is 38.7 Å². The molecular weight excluding hydrogens is 380 g/mol. The second kappa shape index (κ2) is 7.27. The van der Waals surface area contributed by atoms with Crippen molar-refractivity contribution in [1.29, 1.82) is 0 Å². The molecule has 26 heavy (non-hydrogen) atoms. The van der Waals surface area contributed by atoms with Crippen molar-refractivity contribution < 1.29 is 14.3 Å². The van der Waals surface area contributed by atoms with Gasteiger partial charge in [-0.05, 0) is 12.5 Å². The molecular formula is C14H14N6O4S2. The van der Waals surface area contributed by atoms with Crippen molar-refractivity contribution in [3.05, 3.63) is 32.1 Å². The van der Waals surface area contributed by atoms with Gasteiger partial charge < -0.3 is 10.5 Å². The summed E-state index contributed by atoms with van der Waals surface area (Å²) in [5.74, 6) is -1.06. The van der Waals surface area contributed by atoms with Crippen molar-refractivity contribution in [1.82, 2.24) is 19.7 Å². The largest absolute Gasteiger partial charge is 0.377 e. The van der Waals surface area contributed by atoms with E-state index < -0.39 is 17.4 Å². The lowest BCUT2D eigenvalue weighted by Crippen LogP contribution is -2.28. The number of primary amides is 1. The number of carbonyl (C=O) groups is 2. The molecule has 0 aromatic carbocycles. The maximum atomic E-state index is 12.6. The Bertz CT molecular complexity index is 1050. The molecule has 0 saturated heterocycles. The number of hydrogen-bond donors (Lipinski definition) is 2. The molecule has 3 rings (SSSR count). The number of aromatic nitrogens is 4. The van der Waals surface area contributed by atoms with Gasteiger partial charge >= 0.3 is 0 Å². The van der Waals surface area contributed by atoms with Gasteiger partial charge in [-0.2, -0.15) is 0 Å². The van der Waals surface area contributed by atoms with Gasteiger partial charge in [-0.15, -0.1) is 21.5 Å². The Kier molecular flexibility index (Phi) is 5.06. The fraction of sp³-hybridized carbons (Fsp3) is 0.286. The highest BCUT2D eigenvalue weighted by molar-refractivity contribution is 7.20. The fourth-order valence-corrected chi connectivity index (χ4v) is 4.03. The Morgan fingerprint density at radius 3 is 2.81 bits per heavy atom. The molecule has 0 unspecified atom stereocenters. The van der Waals surface area contributed by atoms with Gasteiger partial charge in [-0.1, -0.05) is 11.3 Å². The summed E-state index contributed by atoms with van der Waals surface area (Å²) in [4.78, 5) is 41.1. The summed E-state index contributed by atoms with van der Waals surface area (Å²) >= 11 is 2.24. The van der Waals surface area contributed by atoms with Crippen molar-refractivity contribution in [2.24, 2.45) is 5.73 Å². The summed E-state index contributed by atoms with van der Waals surface area (Å²) in [6, 6.07) is 0. The van der Waals surface area contributed by atoms with Crippen molar-refractivity contribution in [2.75, 3.05) is 12.4 Å². The SMILES string of the molecule is COCc1nnc(NC(=O)Cn2cnc3sc(C(N)=O)c(C)c3c2=O)s1. The fourth-order valence-electron chi connectivity index (χ4n) is 2.31. The molecule has 2 amide bonds. The molecule has 0 atom stereocenters. The molecule has 3 N–H and O–H groups in total. The predicted molar refractivity (Wildman–Crippen MR) is 96.4 cm³/mol. The third-order valence-corrected chi connectivity index (χ3v) is 5.46. The van der Waals surface area contributed by atoms with Crippen molar-refractivity contribution in [3.63, 3.8) is 0 Å². The number of rotatable bonds is 6. The molecule has 0 aliphatic heterocycles. The van der Waals surface area contributed by atoms with E-state index >= 15 is 0 Å². The van der Waals surface area contributed by atoms with Crippen LogP contribution in [0.2, 0.25) is 0 Å². The zero-order valence-corrected chi connectivity index (χ0v) is 15.4. The van der Waals surface area contributed by atoms with E-state index in [1.54, 1.807) is 6.92 Å². The zero-order valence-electron chi connectivity index (χ0n) is 13.8. The first-order valence-corrected chi connectivity index (χ1v) is 8.93. The Balaban J connectivity index is 1.82. The average molecular weight is 394 g/mol. The van der Waals surface area contributed by atoms with Crippen LogP contribution in [0, 0.1) is 6.92 Å². The maximum absolute atomic E-state index is 12.6. The molecule has 10 nitrogen and oxygen atoms in total. The molecule has 12 heteroatoms. The first-order chi connectivity index (χ1) is 12.4. The molecule has 0 radical (unpaired) electrons. The third kappa shape index (κ3) is 3.47. The predicted octanol–water partition coefficient (Wildman–Crippen LogP) is 0.502. The van der Waals surface area contributed by atoms with Gasteiger partial charge in [-0.25, -0.2) is 4.98 Å². The Morgan fingerprint density at radius 1 is 1.35 bits per heavy atom. The van der Waals surface area contributed by atoms with Crippen LogP contribution < -0.4 is 16.6 Å². The first-order valence-electron chi connectivity index (χ1n) is 7.30. The lowest BCUT2D eigenvalue weighted by atomic mass is 10.2. The highest BCUT2D eigenvalue weighted by Gasteiger charge is 2.18. The number of amides is 2. The van der Waals surface area contributed by atoms with Crippen LogP contribution in [0.5, 0.6) is 0 Å². The summed E-state index contributed by atoms with van der Waals surface area (Å²) < 4.78 is 6.10. The van der Waals surface area contributed by atoms with Crippen LogP contribution >= 0.6 is 22.7 Å². The molecule has 0 aliphatic rings. The number of methoxy groups -OCH3 is 1. The lowest BCUT2D eigenvalue weighted by molar-refractivity contribution is -0.116. The van der Waals surface area contributed by atoms with Crippen LogP contribution in [0.1, 0.15) is 20.2 Å². The standard InChI is InChI=1S/C14H14N6O4S2/c1-6-9-12(26-10(6)11(15)22)16-5-20(13(9)23)3-7(21)17-14-19-18-8(25-14)4-24-2/h5H,3-4H2,1-2H3,(H2,15,22)(H,17,19,21). The number of thiophene rings is 1. The van der Waals surface area contributed by atoms with E-state index in [0.29, 0.717) is 27.1 Å². The molecule has 0 spiro atoms. The molecule has 0 fully saturated rings. The van der Waals surface area contributed by atoms with Gasteiger partial charge in [0.15, 0.2) is 0 Å². The molecule has 3 aromatic heterocycles. The van der Waals surface area contributed by atoms with Gasteiger partial charge in [0.1, 0.15) is 23.0 Å². The zero-order chi connectivity index (χ0) is 18.8. The number of nitrogens with zero attached hydrogens (tertiary/aromatic N) is 4. The second-order valence-electron chi connectivity index (χ2n) is 5.26. The molecule has 0 bridgehead atoms. The summed E-state index contributed by atoms with van der Waals surface area (Å²) in [6.07, 6.45) is 1.27. The van der Waals surface area contributed by atoms with Gasteiger partial charge in [0.05, 0.1) is 16.6 Å². The van der Waals surface area contributed by atoms with Crippen LogP contribution in [0.15, 0.2) is 11.1 Å². The smallest absolute Gasteiger partial charge is 0.262 e.